The molecule has 3 unspecified atom stereocenters. The second kappa shape index (κ2) is 7.04. The van der Waals surface area contributed by atoms with Crippen molar-refractivity contribution in [2.24, 2.45) is 23.2 Å². The Hall–Kier alpha value is -1.36. The summed E-state index contributed by atoms with van der Waals surface area (Å²) in [5.41, 5.74) is 0.594. The first-order valence-corrected chi connectivity index (χ1v) is 8.78. The Bertz CT molecular complexity index is 577. The number of carboxylic acid groups (broad SMARTS) is 1. The molecule has 1 fully saturated rings. The molecule has 0 aliphatic heterocycles. The van der Waals surface area contributed by atoms with Crippen molar-refractivity contribution < 1.29 is 14.7 Å². The number of aliphatic carboxylic acids is 1. The standard InChI is InChI=1S/C18H24BrNO3/c1-18(2,3)14-6-4-5-13(17(22)23)15(14)16(21)20-12-9-7-11(19)8-10-12/h7-10,13-15H,4-6H2,1-3H3,(H,20,21)(H,22,23). The maximum atomic E-state index is 12.8. The summed E-state index contributed by atoms with van der Waals surface area (Å²) in [5, 5.41) is 12.5. The van der Waals surface area contributed by atoms with Crippen molar-refractivity contribution in [1.29, 1.82) is 0 Å². The van der Waals surface area contributed by atoms with Crippen LogP contribution in [0.25, 0.3) is 0 Å². The Labute approximate surface area is 145 Å². The molecule has 4 nitrogen and oxygen atoms in total. The predicted octanol–water partition coefficient (Wildman–Crippen LogP) is 4.55. The normalized spacial score (nSPS) is 25.0. The average Bonchev–Trinajstić information content (AvgIpc) is 2.47. The first-order valence-electron chi connectivity index (χ1n) is 7.99. The van der Waals surface area contributed by atoms with Crippen LogP contribution >= 0.6 is 15.9 Å². The third-order valence-electron chi connectivity index (χ3n) is 4.74. The molecular weight excluding hydrogens is 358 g/mol. The van der Waals surface area contributed by atoms with Crippen LogP contribution in [-0.2, 0) is 9.59 Å². The fourth-order valence-corrected chi connectivity index (χ4v) is 3.83. The zero-order valence-electron chi connectivity index (χ0n) is 13.8. The number of carbonyl (C=O) groups is 2. The molecule has 2 rings (SSSR count). The Morgan fingerprint density at radius 3 is 2.30 bits per heavy atom. The monoisotopic (exact) mass is 381 g/mol. The summed E-state index contributed by atoms with van der Waals surface area (Å²) in [4.78, 5) is 24.5. The Morgan fingerprint density at radius 1 is 1.17 bits per heavy atom. The van der Waals surface area contributed by atoms with Gasteiger partial charge in [-0.1, -0.05) is 43.1 Å². The van der Waals surface area contributed by atoms with Gasteiger partial charge in [-0.15, -0.1) is 0 Å². The van der Waals surface area contributed by atoms with Gasteiger partial charge < -0.3 is 10.4 Å². The van der Waals surface area contributed by atoms with Gasteiger partial charge in [-0.2, -0.15) is 0 Å². The number of amides is 1. The first kappa shape index (κ1) is 18.0. The van der Waals surface area contributed by atoms with Crippen LogP contribution in [0.5, 0.6) is 0 Å². The van der Waals surface area contributed by atoms with Gasteiger partial charge in [-0.3, -0.25) is 9.59 Å². The van der Waals surface area contributed by atoms with E-state index in [0.717, 1.165) is 17.3 Å². The number of hydrogen-bond donors (Lipinski definition) is 2. The van der Waals surface area contributed by atoms with Crippen molar-refractivity contribution >= 4 is 33.5 Å². The van der Waals surface area contributed by atoms with E-state index < -0.39 is 17.8 Å². The quantitative estimate of drug-likeness (QED) is 0.806. The zero-order chi connectivity index (χ0) is 17.2. The minimum atomic E-state index is -0.866. The van der Waals surface area contributed by atoms with Gasteiger partial charge in [0.25, 0.3) is 0 Å². The molecule has 1 aromatic rings. The second-order valence-electron chi connectivity index (χ2n) is 7.37. The Morgan fingerprint density at radius 2 is 1.78 bits per heavy atom. The summed E-state index contributed by atoms with van der Waals surface area (Å²) in [5.74, 6) is -2.09. The summed E-state index contributed by atoms with van der Waals surface area (Å²) >= 11 is 3.36. The number of benzene rings is 1. The zero-order valence-corrected chi connectivity index (χ0v) is 15.4. The molecule has 1 saturated carbocycles. The third kappa shape index (κ3) is 4.34. The molecule has 0 heterocycles. The number of rotatable bonds is 3. The highest BCUT2D eigenvalue weighted by Gasteiger charge is 2.46. The van der Waals surface area contributed by atoms with Gasteiger partial charge in [0.1, 0.15) is 0 Å². The van der Waals surface area contributed by atoms with Gasteiger partial charge in [0.2, 0.25) is 5.91 Å². The van der Waals surface area contributed by atoms with E-state index in [4.69, 9.17) is 0 Å². The molecule has 23 heavy (non-hydrogen) atoms. The van der Waals surface area contributed by atoms with Crippen LogP contribution in [0.3, 0.4) is 0 Å². The van der Waals surface area contributed by atoms with Crippen LogP contribution in [0.1, 0.15) is 40.0 Å². The number of halogens is 1. The molecule has 3 atom stereocenters. The van der Waals surface area contributed by atoms with Crippen LogP contribution in [0.15, 0.2) is 28.7 Å². The molecular formula is C18H24BrNO3. The van der Waals surface area contributed by atoms with E-state index >= 15 is 0 Å². The first-order chi connectivity index (χ1) is 10.7. The fourth-order valence-electron chi connectivity index (χ4n) is 3.57. The maximum absolute atomic E-state index is 12.8. The summed E-state index contributed by atoms with van der Waals surface area (Å²) < 4.78 is 0.934. The summed E-state index contributed by atoms with van der Waals surface area (Å²) in [6, 6.07) is 7.33. The van der Waals surface area contributed by atoms with E-state index in [-0.39, 0.29) is 17.2 Å². The van der Waals surface area contributed by atoms with Crippen LogP contribution in [0, 0.1) is 23.2 Å². The van der Waals surface area contributed by atoms with Crippen LogP contribution in [0.2, 0.25) is 0 Å². The molecule has 1 amide bonds. The molecule has 1 aromatic carbocycles. The maximum Gasteiger partial charge on any atom is 0.307 e. The lowest BCUT2D eigenvalue weighted by Crippen LogP contribution is -2.45. The molecule has 5 heteroatoms. The van der Waals surface area contributed by atoms with Gasteiger partial charge in [0.05, 0.1) is 11.8 Å². The minimum absolute atomic E-state index is 0.0628. The van der Waals surface area contributed by atoms with E-state index in [0.29, 0.717) is 12.1 Å². The summed E-state index contributed by atoms with van der Waals surface area (Å²) in [7, 11) is 0. The number of hydrogen-bond acceptors (Lipinski definition) is 2. The molecule has 0 bridgehead atoms. The number of carboxylic acids is 1. The third-order valence-corrected chi connectivity index (χ3v) is 5.27. The van der Waals surface area contributed by atoms with Crippen molar-refractivity contribution in [1.82, 2.24) is 0 Å². The smallest absolute Gasteiger partial charge is 0.307 e. The Kier molecular flexibility index (Phi) is 5.50. The van der Waals surface area contributed by atoms with Crippen molar-refractivity contribution in [3.8, 4) is 0 Å². The number of carbonyl (C=O) groups excluding carboxylic acids is 1. The summed E-state index contributed by atoms with van der Waals surface area (Å²) in [6.45, 7) is 6.26. The van der Waals surface area contributed by atoms with Crippen molar-refractivity contribution in [2.75, 3.05) is 5.32 Å². The van der Waals surface area contributed by atoms with Crippen LogP contribution < -0.4 is 5.32 Å². The van der Waals surface area contributed by atoms with Gasteiger partial charge in [-0.25, -0.2) is 0 Å². The average molecular weight is 382 g/mol. The lowest BCUT2D eigenvalue weighted by atomic mass is 9.62. The van der Waals surface area contributed by atoms with E-state index in [2.05, 4.69) is 42.0 Å². The highest BCUT2D eigenvalue weighted by atomic mass is 79.9. The fraction of sp³-hybridized carbons (Fsp3) is 0.556. The van der Waals surface area contributed by atoms with Gasteiger partial charge in [-0.05, 0) is 48.4 Å². The van der Waals surface area contributed by atoms with E-state index in [1.807, 2.05) is 24.3 Å². The van der Waals surface area contributed by atoms with Gasteiger partial charge >= 0.3 is 5.97 Å². The van der Waals surface area contributed by atoms with Gasteiger partial charge in [0, 0.05) is 10.2 Å². The minimum Gasteiger partial charge on any atom is -0.481 e. The van der Waals surface area contributed by atoms with E-state index in [9.17, 15) is 14.7 Å². The van der Waals surface area contributed by atoms with Gasteiger partial charge in [0.15, 0.2) is 0 Å². The lowest BCUT2D eigenvalue weighted by Gasteiger charge is -2.42. The molecule has 0 radical (unpaired) electrons. The van der Waals surface area contributed by atoms with E-state index in [1.54, 1.807) is 0 Å². The molecule has 126 valence electrons. The summed E-state index contributed by atoms with van der Waals surface area (Å²) in [6.07, 6.45) is 2.33. The number of nitrogens with one attached hydrogen (secondary N) is 1. The van der Waals surface area contributed by atoms with Crippen molar-refractivity contribution in [3.05, 3.63) is 28.7 Å². The van der Waals surface area contributed by atoms with Crippen molar-refractivity contribution in [2.45, 2.75) is 40.0 Å². The van der Waals surface area contributed by atoms with Crippen LogP contribution in [0.4, 0.5) is 5.69 Å². The Balaban J connectivity index is 2.26. The highest BCUT2D eigenvalue weighted by molar-refractivity contribution is 9.10. The lowest BCUT2D eigenvalue weighted by molar-refractivity contribution is -0.151. The topological polar surface area (TPSA) is 66.4 Å². The molecule has 0 saturated heterocycles. The predicted molar refractivity (Wildman–Crippen MR) is 94.2 cm³/mol. The van der Waals surface area contributed by atoms with Crippen LogP contribution in [-0.4, -0.2) is 17.0 Å². The second-order valence-corrected chi connectivity index (χ2v) is 8.29. The molecule has 0 spiro atoms. The highest BCUT2D eigenvalue weighted by Crippen LogP contribution is 2.45. The molecule has 0 aromatic heterocycles. The SMILES string of the molecule is CC(C)(C)C1CCCC(C(=O)O)C1C(=O)Nc1ccc(Br)cc1. The number of anilines is 1. The molecule has 2 N–H and O–H groups in total. The molecule has 1 aliphatic rings. The molecule has 1 aliphatic carbocycles. The van der Waals surface area contributed by atoms with E-state index in [1.165, 1.54) is 0 Å². The van der Waals surface area contributed by atoms with Crippen molar-refractivity contribution in [3.63, 3.8) is 0 Å². The largest absolute Gasteiger partial charge is 0.481 e.